The summed E-state index contributed by atoms with van der Waals surface area (Å²) < 4.78 is 24.6. The summed E-state index contributed by atoms with van der Waals surface area (Å²) in [5, 5.41) is 9.22. The summed E-state index contributed by atoms with van der Waals surface area (Å²) in [5.74, 6) is 0.303. The number of aliphatic hydroxyl groups excluding tert-OH is 1. The Labute approximate surface area is 150 Å². The lowest BCUT2D eigenvalue weighted by Crippen LogP contribution is -2.26. The van der Waals surface area contributed by atoms with E-state index in [0.29, 0.717) is 29.0 Å². The number of cyclic esters (lactones) is 1. The van der Waals surface area contributed by atoms with Crippen molar-refractivity contribution in [3.8, 4) is 0 Å². The van der Waals surface area contributed by atoms with E-state index in [1.807, 2.05) is 0 Å². The van der Waals surface area contributed by atoms with Gasteiger partial charge in [-0.3, -0.25) is 9.69 Å². The maximum Gasteiger partial charge on any atom is 0.414 e. The van der Waals surface area contributed by atoms with Gasteiger partial charge < -0.3 is 14.6 Å². The number of benzene rings is 1. The second kappa shape index (κ2) is 6.39. The Bertz CT molecular complexity index is 792. The first-order valence-electron chi connectivity index (χ1n) is 8.71. The topological polar surface area (TPSA) is 76.1 Å². The molecule has 1 N–H and O–H groups in total. The zero-order valence-electron chi connectivity index (χ0n) is 14.4. The van der Waals surface area contributed by atoms with Crippen molar-refractivity contribution >= 4 is 23.3 Å². The molecule has 1 saturated heterocycles. The van der Waals surface area contributed by atoms with E-state index >= 15 is 0 Å². The number of anilines is 1. The number of fused-ring (bicyclic) bond motifs is 1. The summed E-state index contributed by atoms with van der Waals surface area (Å²) in [6.07, 6.45) is 1.70. The van der Waals surface area contributed by atoms with E-state index in [9.17, 15) is 19.1 Å². The molecule has 0 bridgehead atoms. The van der Waals surface area contributed by atoms with E-state index in [1.165, 1.54) is 17.9 Å². The monoisotopic (exact) mass is 361 g/mol. The number of nitrogens with zero attached hydrogens (tertiary/aromatic N) is 1. The summed E-state index contributed by atoms with van der Waals surface area (Å²) in [6.45, 7) is 1.66. The quantitative estimate of drug-likeness (QED) is 0.815. The molecule has 2 aliphatic carbocycles. The van der Waals surface area contributed by atoms with Gasteiger partial charge in [0, 0.05) is 19.1 Å². The van der Waals surface area contributed by atoms with Crippen LogP contribution in [-0.2, 0) is 14.3 Å². The number of hydrogen-bond acceptors (Lipinski definition) is 5. The third-order valence-corrected chi connectivity index (χ3v) is 5.41. The Morgan fingerprint density at radius 3 is 2.88 bits per heavy atom. The molecule has 0 aromatic heterocycles. The first-order chi connectivity index (χ1) is 12.5. The third-order valence-electron chi connectivity index (χ3n) is 5.41. The van der Waals surface area contributed by atoms with Crippen molar-refractivity contribution < 1.29 is 28.6 Å². The smallest absolute Gasteiger partial charge is 0.414 e. The Balaban J connectivity index is 1.46. The number of hydrogen-bond donors (Lipinski definition) is 1. The number of rotatable bonds is 5. The van der Waals surface area contributed by atoms with Gasteiger partial charge in [-0.1, -0.05) is 6.08 Å². The van der Waals surface area contributed by atoms with Crippen LogP contribution in [0.4, 0.5) is 14.9 Å². The van der Waals surface area contributed by atoms with Crippen LogP contribution < -0.4 is 4.90 Å². The van der Waals surface area contributed by atoms with E-state index in [4.69, 9.17) is 9.47 Å². The Kier molecular flexibility index (Phi) is 4.19. The van der Waals surface area contributed by atoms with Crippen molar-refractivity contribution in [2.45, 2.75) is 19.4 Å². The van der Waals surface area contributed by atoms with Crippen molar-refractivity contribution in [2.75, 3.05) is 24.7 Å². The first-order valence-corrected chi connectivity index (χ1v) is 8.71. The largest absolute Gasteiger partial charge is 0.462 e. The molecule has 4 rings (SSSR count). The minimum atomic E-state index is -0.582. The van der Waals surface area contributed by atoms with Gasteiger partial charge in [-0.05, 0) is 47.9 Å². The maximum atomic E-state index is 14.6. The SMILES string of the molecule is CC(=O)OCC1CN(c2ccc(C3=C[C@@H]4[C@@H](CO)[C@@H]4C3)c(F)c2)C(=O)O1. The fourth-order valence-corrected chi connectivity index (χ4v) is 3.98. The van der Waals surface area contributed by atoms with E-state index in [-0.39, 0.29) is 25.6 Å². The van der Waals surface area contributed by atoms with Crippen molar-refractivity contribution in [1.82, 2.24) is 0 Å². The highest BCUT2D eigenvalue weighted by molar-refractivity contribution is 5.90. The molecule has 1 saturated carbocycles. The van der Waals surface area contributed by atoms with Crippen molar-refractivity contribution in [1.29, 1.82) is 0 Å². The average Bonchev–Trinajstić information content (AvgIpc) is 2.93. The Hall–Kier alpha value is -2.41. The third kappa shape index (κ3) is 2.96. The number of aliphatic hydroxyl groups is 1. The predicted octanol–water partition coefficient (Wildman–Crippen LogP) is 2.36. The van der Waals surface area contributed by atoms with Gasteiger partial charge in [-0.25, -0.2) is 9.18 Å². The molecule has 7 heteroatoms. The van der Waals surface area contributed by atoms with Crippen LogP contribution in [0, 0.1) is 23.6 Å². The minimum absolute atomic E-state index is 0.0141. The van der Waals surface area contributed by atoms with E-state index in [2.05, 4.69) is 6.08 Å². The highest BCUT2D eigenvalue weighted by Crippen LogP contribution is 2.57. The molecule has 1 aromatic carbocycles. The Morgan fingerprint density at radius 1 is 1.46 bits per heavy atom. The number of carbonyl (C=O) groups is 2. The molecular formula is C19H20FNO5. The van der Waals surface area contributed by atoms with Gasteiger partial charge >= 0.3 is 12.1 Å². The molecule has 26 heavy (non-hydrogen) atoms. The van der Waals surface area contributed by atoms with Crippen LogP contribution in [-0.4, -0.2) is 43.0 Å². The van der Waals surface area contributed by atoms with Gasteiger partial charge in [0.2, 0.25) is 0 Å². The molecule has 1 aliphatic heterocycles. The Morgan fingerprint density at radius 2 is 2.27 bits per heavy atom. The van der Waals surface area contributed by atoms with Gasteiger partial charge in [-0.15, -0.1) is 0 Å². The van der Waals surface area contributed by atoms with Crippen molar-refractivity contribution in [3.05, 3.63) is 35.7 Å². The molecule has 138 valence electrons. The molecule has 1 unspecified atom stereocenters. The lowest BCUT2D eigenvalue weighted by atomic mass is 10.00. The molecular weight excluding hydrogens is 341 g/mol. The number of halogens is 1. The summed E-state index contributed by atoms with van der Waals surface area (Å²) in [7, 11) is 0. The highest BCUT2D eigenvalue weighted by atomic mass is 19.1. The molecule has 0 radical (unpaired) electrons. The van der Waals surface area contributed by atoms with Crippen LogP contribution in [0.2, 0.25) is 0 Å². The lowest BCUT2D eigenvalue weighted by molar-refractivity contribution is -0.143. The van der Waals surface area contributed by atoms with Crippen LogP contribution in [0.5, 0.6) is 0 Å². The highest BCUT2D eigenvalue weighted by Gasteiger charge is 2.51. The second-order valence-electron chi connectivity index (χ2n) is 7.07. The van der Waals surface area contributed by atoms with Gasteiger partial charge in [0.25, 0.3) is 0 Å². The predicted molar refractivity (Wildman–Crippen MR) is 90.8 cm³/mol. The van der Waals surface area contributed by atoms with Crippen LogP contribution in [0.15, 0.2) is 24.3 Å². The number of esters is 1. The number of carbonyl (C=O) groups excluding carboxylic acids is 2. The molecule has 1 amide bonds. The number of amides is 1. The van der Waals surface area contributed by atoms with Crippen molar-refractivity contribution in [2.24, 2.45) is 17.8 Å². The molecule has 4 atom stereocenters. The molecule has 1 aromatic rings. The van der Waals surface area contributed by atoms with E-state index in [1.54, 1.807) is 12.1 Å². The van der Waals surface area contributed by atoms with Gasteiger partial charge in [0.05, 0.1) is 12.2 Å². The molecule has 6 nitrogen and oxygen atoms in total. The van der Waals surface area contributed by atoms with Gasteiger partial charge in [-0.2, -0.15) is 0 Å². The van der Waals surface area contributed by atoms with E-state index < -0.39 is 18.2 Å². The standard InChI is InChI=1S/C19H20FNO5/c1-10(23)25-9-13-7-21(19(24)26-13)12-2-3-14(18(20)6-12)11-4-15-16(5-11)17(15)8-22/h2-4,6,13,15-17,22H,5,7-9H2,1H3/t13?,15-,16+,17+/m0/s1. The summed E-state index contributed by atoms with van der Waals surface area (Å²) in [5.41, 5.74) is 1.92. The van der Waals surface area contributed by atoms with Crippen LogP contribution in [0.1, 0.15) is 18.9 Å². The molecule has 0 spiro atoms. The fourth-order valence-electron chi connectivity index (χ4n) is 3.98. The summed E-state index contributed by atoms with van der Waals surface area (Å²) in [4.78, 5) is 24.2. The average molecular weight is 361 g/mol. The lowest BCUT2D eigenvalue weighted by Gasteiger charge is -2.15. The molecule has 3 aliphatic rings. The maximum absolute atomic E-state index is 14.6. The summed E-state index contributed by atoms with van der Waals surface area (Å²) in [6, 6.07) is 4.71. The first kappa shape index (κ1) is 17.0. The number of ether oxygens (including phenoxy) is 2. The molecule has 2 fully saturated rings. The van der Waals surface area contributed by atoms with Gasteiger partial charge in [0.15, 0.2) is 6.10 Å². The zero-order valence-corrected chi connectivity index (χ0v) is 14.4. The van der Waals surface area contributed by atoms with Crippen LogP contribution >= 0.6 is 0 Å². The number of allylic oxidation sites excluding steroid dienone is 2. The van der Waals surface area contributed by atoms with Crippen molar-refractivity contribution in [3.63, 3.8) is 0 Å². The van der Waals surface area contributed by atoms with Crippen LogP contribution in [0.25, 0.3) is 5.57 Å². The van der Waals surface area contributed by atoms with Gasteiger partial charge in [0.1, 0.15) is 12.4 Å². The van der Waals surface area contributed by atoms with E-state index in [0.717, 1.165) is 12.0 Å². The second-order valence-corrected chi connectivity index (χ2v) is 7.07. The minimum Gasteiger partial charge on any atom is -0.462 e. The zero-order chi connectivity index (χ0) is 18.4. The van der Waals surface area contributed by atoms with Crippen LogP contribution in [0.3, 0.4) is 0 Å². The summed E-state index contributed by atoms with van der Waals surface area (Å²) >= 11 is 0. The molecule has 1 heterocycles. The fraction of sp³-hybridized carbons (Fsp3) is 0.474. The normalized spacial score (nSPS) is 29.3.